The van der Waals surface area contributed by atoms with E-state index in [1.165, 1.54) is 18.4 Å². The molecule has 0 saturated heterocycles. The van der Waals surface area contributed by atoms with Crippen molar-refractivity contribution in [2.24, 2.45) is 0 Å². The van der Waals surface area contributed by atoms with Crippen LogP contribution >= 0.6 is 11.6 Å². The number of aryl methyl sites for hydroxylation is 1. The number of halogens is 1. The van der Waals surface area contributed by atoms with Gasteiger partial charge in [0.2, 0.25) is 0 Å². The fourth-order valence-electron chi connectivity index (χ4n) is 1.92. The van der Waals surface area contributed by atoms with Crippen LogP contribution in [0.2, 0.25) is 5.02 Å². The second-order valence-corrected chi connectivity index (χ2v) is 5.17. The van der Waals surface area contributed by atoms with Gasteiger partial charge in [0.15, 0.2) is 5.82 Å². The minimum atomic E-state index is 0.621. The molecule has 0 unspecified atom stereocenters. The number of hydrogen-bond acceptors (Lipinski definition) is 3. The third-order valence-corrected chi connectivity index (χ3v) is 3.15. The molecule has 94 valence electrons. The van der Waals surface area contributed by atoms with Gasteiger partial charge in [0.25, 0.3) is 0 Å². The van der Waals surface area contributed by atoms with Crippen LogP contribution in [0.3, 0.4) is 0 Å². The Hall–Kier alpha value is -1.39. The Balaban J connectivity index is 1.84. The van der Waals surface area contributed by atoms with Crippen LogP contribution in [0.25, 0.3) is 5.82 Å². The van der Waals surface area contributed by atoms with E-state index < -0.39 is 0 Å². The number of nitrogens with one attached hydrogen (secondary N) is 1. The van der Waals surface area contributed by atoms with E-state index in [4.69, 9.17) is 11.6 Å². The zero-order chi connectivity index (χ0) is 12.5. The first kappa shape index (κ1) is 11.7. The molecule has 3 rings (SSSR count). The van der Waals surface area contributed by atoms with Crippen LogP contribution in [0.4, 0.5) is 0 Å². The third kappa shape index (κ3) is 2.71. The highest BCUT2D eigenvalue weighted by atomic mass is 35.5. The van der Waals surface area contributed by atoms with Crippen molar-refractivity contribution in [3.63, 3.8) is 0 Å². The molecular weight excluding hydrogens is 248 g/mol. The second-order valence-electron chi connectivity index (χ2n) is 4.73. The summed E-state index contributed by atoms with van der Waals surface area (Å²) >= 11 is 5.88. The Morgan fingerprint density at radius 2 is 2.28 bits per heavy atom. The van der Waals surface area contributed by atoms with Crippen molar-refractivity contribution in [3.05, 3.63) is 40.8 Å². The maximum absolute atomic E-state index is 5.88. The summed E-state index contributed by atoms with van der Waals surface area (Å²) in [7, 11) is 0. The SMILES string of the molecule is Cc1cc(CNC2CC2)cc(-n2cc(Cl)cn2)n1. The molecule has 2 aromatic rings. The van der Waals surface area contributed by atoms with Crippen LogP contribution in [-0.2, 0) is 6.54 Å². The lowest BCUT2D eigenvalue weighted by Crippen LogP contribution is -2.16. The lowest BCUT2D eigenvalue weighted by molar-refractivity contribution is 0.684. The molecule has 1 aliphatic carbocycles. The first-order chi connectivity index (χ1) is 8.70. The molecule has 0 bridgehead atoms. The summed E-state index contributed by atoms with van der Waals surface area (Å²) in [5.74, 6) is 0.814. The minimum absolute atomic E-state index is 0.621. The summed E-state index contributed by atoms with van der Waals surface area (Å²) < 4.78 is 1.70. The molecule has 0 aliphatic heterocycles. The highest BCUT2D eigenvalue weighted by Gasteiger charge is 2.20. The van der Waals surface area contributed by atoms with Crippen LogP contribution in [-0.4, -0.2) is 20.8 Å². The summed E-state index contributed by atoms with van der Waals surface area (Å²) in [5.41, 5.74) is 2.22. The van der Waals surface area contributed by atoms with Crippen LogP contribution in [0, 0.1) is 6.92 Å². The van der Waals surface area contributed by atoms with E-state index in [1.807, 2.05) is 13.0 Å². The van der Waals surface area contributed by atoms with Gasteiger partial charge in [-0.1, -0.05) is 11.6 Å². The Morgan fingerprint density at radius 1 is 1.44 bits per heavy atom. The van der Waals surface area contributed by atoms with Gasteiger partial charge < -0.3 is 5.32 Å². The van der Waals surface area contributed by atoms with Crippen molar-refractivity contribution in [1.82, 2.24) is 20.1 Å². The maximum Gasteiger partial charge on any atom is 0.153 e. The predicted molar refractivity (Wildman–Crippen MR) is 71.0 cm³/mol. The Kier molecular flexibility index (Phi) is 3.06. The Morgan fingerprint density at radius 3 is 2.94 bits per heavy atom. The average molecular weight is 263 g/mol. The summed E-state index contributed by atoms with van der Waals surface area (Å²) in [4.78, 5) is 4.47. The minimum Gasteiger partial charge on any atom is -0.310 e. The predicted octanol–water partition coefficient (Wildman–Crippen LogP) is 2.48. The Labute approximate surface area is 111 Å². The zero-order valence-corrected chi connectivity index (χ0v) is 11.0. The van der Waals surface area contributed by atoms with Crippen molar-refractivity contribution in [1.29, 1.82) is 0 Å². The molecule has 0 spiro atoms. The number of aromatic nitrogens is 3. The lowest BCUT2D eigenvalue weighted by atomic mass is 10.2. The largest absolute Gasteiger partial charge is 0.310 e. The molecule has 2 heterocycles. The normalized spacial score (nSPS) is 15.0. The Bertz CT molecular complexity index is 560. The molecule has 0 amide bonds. The fourth-order valence-corrected chi connectivity index (χ4v) is 2.05. The molecule has 1 N–H and O–H groups in total. The monoisotopic (exact) mass is 262 g/mol. The van der Waals surface area contributed by atoms with Crippen LogP contribution in [0.1, 0.15) is 24.1 Å². The van der Waals surface area contributed by atoms with Crippen LogP contribution in [0.15, 0.2) is 24.5 Å². The molecule has 0 radical (unpaired) electrons. The molecule has 5 heteroatoms. The maximum atomic E-state index is 5.88. The van der Waals surface area contributed by atoms with Crippen LogP contribution in [0.5, 0.6) is 0 Å². The molecular formula is C13H15ClN4. The molecule has 18 heavy (non-hydrogen) atoms. The molecule has 1 saturated carbocycles. The highest BCUT2D eigenvalue weighted by Crippen LogP contribution is 2.20. The van der Waals surface area contributed by atoms with Gasteiger partial charge in [-0.25, -0.2) is 9.67 Å². The third-order valence-electron chi connectivity index (χ3n) is 2.96. The quantitative estimate of drug-likeness (QED) is 0.921. The van der Waals surface area contributed by atoms with Gasteiger partial charge in [-0.15, -0.1) is 0 Å². The van der Waals surface area contributed by atoms with E-state index >= 15 is 0 Å². The summed E-state index contributed by atoms with van der Waals surface area (Å²) in [6, 6.07) is 4.86. The fraction of sp³-hybridized carbons (Fsp3) is 0.385. The summed E-state index contributed by atoms with van der Waals surface area (Å²) in [6.45, 7) is 2.88. The number of hydrogen-bond donors (Lipinski definition) is 1. The van der Waals surface area contributed by atoms with E-state index in [1.54, 1.807) is 17.1 Å². The van der Waals surface area contributed by atoms with Gasteiger partial charge in [0, 0.05) is 18.3 Å². The first-order valence-corrected chi connectivity index (χ1v) is 6.50. The summed E-state index contributed by atoms with van der Waals surface area (Å²) in [6.07, 6.45) is 5.98. The lowest BCUT2D eigenvalue weighted by Gasteiger charge is -2.07. The van der Waals surface area contributed by atoms with E-state index in [2.05, 4.69) is 21.5 Å². The van der Waals surface area contributed by atoms with E-state index in [9.17, 15) is 0 Å². The van der Waals surface area contributed by atoms with Crippen molar-refractivity contribution in [3.8, 4) is 5.82 Å². The van der Waals surface area contributed by atoms with Gasteiger partial charge in [-0.3, -0.25) is 0 Å². The molecule has 0 atom stereocenters. The van der Waals surface area contributed by atoms with Gasteiger partial charge >= 0.3 is 0 Å². The van der Waals surface area contributed by atoms with Crippen molar-refractivity contribution in [2.45, 2.75) is 32.4 Å². The molecule has 2 aromatic heterocycles. The number of nitrogens with zero attached hydrogens (tertiary/aromatic N) is 3. The number of pyridine rings is 1. The topological polar surface area (TPSA) is 42.7 Å². The van der Waals surface area contributed by atoms with Crippen molar-refractivity contribution < 1.29 is 0 Å². The first-order valence-electron chi connectivity index (χ1n) is 6.12. The van der Waals surface area contributed by atoms with Crippen molar-refractivity contribution >= 4 is 11.6 Å². The molecule has 4 nitrogen and oxygen atoms in total. The van der Waals surface area contributed by atoms with E-state index in [-0.39, 0.29) is 0 Å². The molecule has 1 aliphatic rings. The average Bonchev–Trinajstić information content (AvgIpc) is 3.07. The smallest absolute Gasteiger partial charge is 0.153 e. The second kappa shape index (κ2) is 4.71. The van der Waals surface area contributed by atoms with Crippen LogP contribution < -0.4 is 5.32 Å². The number of rotatable bonds is 4. The highest BCUT2D eigenvalue weighted by molar-refractivity contribution is 6.30. The van der Waals surface area contributed by atoms with Gasteiger partial charge in [-0.05, 0) is 37.5 Å². The van der Waals surface area contributed by atoms with Crippen molar-refractivity contribution in [2.75, 3.05) is 0 Å². The van der Waals surface area contributed by atoms with Gasteiger partial charge in [0.05, 0.1) is 17.4 Å². The standard InChI is InChI=1S/C13H15ClN4/c1-9-4-10(6-15-12-2-3-12)5-13(17-9)18-8-11(14)7-16-18/h4-5,7-8,12,15H,2-3,6H2,1H3. The summed E-state index contributed by atoms with van der Waals surface area (Å²) in [5, 5.41) is 8.30. The zero-order valence-electron chi connectivity index (χ0n) is 10.2. The molecule has 1 fully saturated rings. The van der Waals surface area contributed by atoms with E-state index in [0.29, 0.717) is 11.1 Å². The van der Waals surface area contributed by atoms with Gasteiger partial charge in [-0.2, -0.15) is 5.10 Å². The van der Waals surface area contributed by atoms with E-state index in [0.717, 1.165) is 18.1 Å². The molecule has 0 aromatic carbocycles. The van der Waals surface area contributed by atoms with Gasteiger partial charge in [0.1, 0.15) is 0 Å².